The van der Waals surface area contributed by atoms with Crippen LogP contribution in [0.1, 0.15) is 23.4 Å². The van der Waals surface area contributed by atoms with Gasteiger partial charge in [-0.05, 0) is 31.5 Å². The number of hydrogen-bond acceptors (Lipinski definition) is 3. The molecule has 0 fully saturated rings. The molecule has 0 unspecified atom stereocenters. The fourth-order valence-electron chi connectivity index (χ4n) is 2.78. The summed E-state index contributed by atoms with van der Waals surface area (Å²) in [4.78, 5) is 12.3. The number of benzene rings is 2. The molecule has 3 aromatic rings. The lowest BCUT2D eigenvalue weighted by molar-refractivity contribution is -0.115. The van der Waals surface area contributed by atoms with Gasteiger partial charge in [0, 0.05) is 17.9 Å². The van der Waals surface area contributed by atoms with Crippen molar-refractivity contribution in [3.05, 3.63) is 77.6 Å². The Labute approximate surface area is 158 Å². The summed E-state index contributed by atoms with van der Waals surface area (Å²) in [5.41, 5.74) is 4.86. The van der Waals surface area contributed by atoms with E-state index in [1.54, 1.807) is 11.8 Å². The van der Waals surface area contributed by atoms with Crippen LogP contribution in [0.25, 0.3) is 5.69 Å². The maximum absolute atomic E-state index is 12.3. The quantitative estimate of drug-likeness (QED) is 0.615. The van der Waals surface area contributed by atoms with Gasteiger partial charge >= 0.3 is 0 Å². The molecule has 0 bridgehead atoms. The summed E-state index contributed by atoms with van der Waals surface area (Å²) in [6.07, 6.45) is 0.493. The molecule has 0 spiro atoms. The van der Waals surface area contributed by atoms with Gasteiger partial charge in [-0.25, -0.2) is 4.68 Å². The van der Waals surface area contributed by atoms with Crippen molar-refractivity contribution < 1.29 is 4.79 Å². The minimum Gasteiger partial charge on any atom is -0.323 e. The van der Waals surface area contributed by atoms with Crippen LogP contribution >= 0.6 is 11.8 Å². The molecule has 3 rings (SSSR count). The van der Waals surface area contributed by atoms with E-state index in [4.69, 9.17) is 0 Å². The first kappa shape index (κ1) is 18.3. The molecule has 1 N–H and O–H groups in total. The minimum atomic E-state index is 0.0318. The van der Waals surface area contributed by atoms with Gasteiger partial charge in [0.1, 0.15) is 0 Å². The number of aryl methyl sites for hydroxylation is 1. The summed E-state index contributed by atoms with van der Waals surface area (Å²) in [6.45, 7) is 3.90. The summed E-state index contributed by atoms with van der Waals surface area (Å²) in [7, 11) is 0. The molecule has 0 radical (unpaired) electrons. The number of rotatable bonds is 7. The third kappa shape index (κ3) is 4.55. The van der Waals surface area contributed by atoms with Gasteiger partial charge in [-0.2, -0.15) is 16.9 Å². The third-order valence-electron chi connectivity index (χ3n) is 4.14. The summed E-state index contributed by atoms with van der Waals surface area (Å²) < 4.78 is 1.87. The summed E-state index contributed by atoms with van der Waals surface area (Å²) in [5.74, 6) is 1.76. The van der Waals surface area contributed by atoms with E-state index in [0.717, 1.165) is 34.3 Å². The SMILES string of the molecule is Cc1nn(-c2ccccc2)c(C)c1NC(=O)CCSCc1ccccc1. The summed E-state index contributed by atoms with van der Waals surface area (Å²) in [5, 5.41) is 7.60. The molecule has 5 heteroatoms. The molecule has 0 saturated carbocycles. The molecule has 0 saturated heterocycles. The number of thioether (sulfide) groups is 1. The molecule has 0 aliphatic heterocycles. The van der Waals surface area contributed by atoms with Gasteiger partial charge in [-0.15, -0.1) is 0 Å². The second kappa shape index (κ2) is 8.72. The maximum atomic E-state index is 12.3. The molecule has 1 heterocycles. The van der Waals surface area contributed by atoms with Crippen LogP contribution in [-0.4, -0.2) is 21.4 Å². The van der Waals surface area contributed by atoms with E-state index in [9.17, 15) is 4.79 Å². The van der Waals surface area contributed by atoms with E-state index in [1.165, 1.54) is 5.56 Å². The van der Waals surface area contributed by atoms with Crippen molar-refractivity contribution in [3.8, 4) is 5.69 Å². The Morgan fingerprint density at radius 3 is 2.38 bits per heavy atom. The van der Waals surface area contributed by atoms with Crippen LogP contribution in [0.2, 0.25) is 0 Å². The van der Waals surface area contributed by atoms with Crippen LogP contribution in [0, 0.1) is 13.8 Å². The highest BCUT2D eigenvalue weighted by molar-refractivity contribution is 7.98. The predicted octanol–water partition coefficient (Wildman–Crippen LogP) is 4.75. The largest absolute Gasteiger partial charge is 0.323 e. The Morgan fingerprint density at radius 1 is 1.04 bits per heavy atom. The van der Waals surface area contributed by atoms with E-state index < -0.39 is 0 Å². The standard InChI is InChI=1S/C21H23N3OS/c1-16-21(17(2)24(23-16)19-11-7-4-8-12-19)22-20(25)13-14-26-15-18-9-5-3-6-10-18/h3-12H,13-15H2,1-2H3,(H,22,25). The highest BCUT2D eigenvalue weighted by Gasteiger charge is 2.15. The predicted molar refractivity (Wildman–Crippen MR) is 109 cm³/mol. The lowest BCUT2D eigenvalue weighted by Gasteiger charge is -2.07. The average molecular weight is 366 g/mol. The van der Waals surface area contributed by atoms with E-state index in [2.05, 4.69) is 22.5 Å². The fourth-order valence-corrected chi connectivity index (χ4v) is 3.68. The van der Waals surface area contributed by atoms with E-state index in [1.807, 2.05) is 67.1 Å². The van der Waals surface area contributed by atoms with Crippen LogP contribution in [0.5, 0.6) is 0 Å². The zero-order valence-corrected chi connectivity index (χ0v) is 15.9. The Bertz CT molecular complexity index is 860. The molecule has 0 aliphatic rings. The lowest BCUT2D eigenvalue weighted by Crippen LogP contribution is -2.13. The number of aromatic nitrogens is 2. The highest BCUT2D eigenvalue weighted by Crippen LogP contribution is 2.23. The van der Waals surface area contributed by atoms with E-state index in [-0.39, 0.29) is 5.91 Å². The van der Waals surface area contributed by atoms with Crippen molar-refractivity contribution in [2.24, 2.45) is 0 Å². The molecule has 0 aliphatic carbocycles. The molecule has 1 amide bonds. The zero-order chi connectivity index (χ0) is 18.4. The number of nitrogens with one attached hydrogen (secondary N) is 1. The molecule has 4 nitrogen and oxygen atoms in total. The number of anilines is 1. The number of hydrogen-bond donors (Lipinski definition) is 1. The molecular weight excluding hydrogens is 342 g/mol. The van der Waals surface area contributed by atoms with Crippen molar-refractivity contribution >= 4 is 23.4 Å². The topological polar surface area (TPSA) is 46.9 Å². The van der Waals surface area contributed by atoms with Gasteiger partial charge in [0.15, 0.2) is 0 Å². The van der Waals surface area contributed by atoms with E-state index >= 15 is 0 Å². The molecule has 134 valence electrons. The highest BCUT2D eigenvalue weighted by atomic mass is 32.2. The fraction of sp³-hybridized carbons (Fsp3) is 0.238. The minimum absolute atomic E-state index is 0.0318. The van der Waals surface area contributed by atoms with Gasteiger partial charge in [-0.1, -0.05) is 48.5 Å². The van der Waals surface area contributed by atoms with Crippen LogP contribution in [0.15, 0.2) is 60.7 Å². The Balaban J connectivity index is 1.55. The van der Waals surface area contributed by atoms with Gasteiger partial charge in [0.25, 0.3) is 0 Å². The van der Waals surface area contributed by atoms with Gasteiger partial charge in [0.05, 0.1) is 22.8 Å². The van der Waals surface area contributed by atoms with Crippen LogP contribution in [0.3, 0.4) is 0 Å². The number of amides is 1. The molecule has 26 heavy (non-hydrogen) atoms. The smallest absolute Gasteiger partial charge is 0.225 e. The van der Waals surface area contributed by atoms with Crippen molar-refractivity contribution in [1.29, 1.82) is 0 Å². The first-order valence-corrected chi connectivity index (χ1v) is 9.84. The Kier molecular flexibility index (Phi) is 6.12. The first-order chi connectivity index (χ1) is 12.6. The van der Waals surface area contributed by atoms with Gasteiger partial charge in [-0.3, -0.25) is 4.79 Å². The van der Waals surface area contributed by atoms with Crippen molar-refractivity contribution in [3.63, 3.8) is 0 Å². The lowest BCUT2D eigenvalue weighted by atomic mass is 10.2. The Morgan fingerprint density at radius 2 is 1.69 bits per heavy atom. The van der Waals surface area contributed by atoms with Crippen LogP contribution < -0.4 is 5.32 Å². The number of carbonyl (C=O) groups excluding carboxylic acids is 1. The molecule has 2 aromatic carbocycles. The molecule has 0 atom stereocenters. The molecule has 1 aromatic heterocycles. The van der Waals surface area contributed by atoms with Crippen molar-refractivity contribution in [2.75, 3.05) is 11.1 Å². The summed E-state index contributed by atoms with van der Waals surface area (Å²) in [6, 6.07) is 20.3. The normalized spacial score (nSPS) is 10.7. The number of para-hydroxylation sites is 1. The van der Waals surface area contributed by atoms with Gasteiger partial charge in [0.2, 0.25) is 5.91 Å². The van der Waals surface area contributed by atoms with Crippen molar-refractivity contribution in [2.45, 2.75) is 26.0 Å². The second-order valence-corrected chi connectivity index (χ2v) is 7.23. The zero-order valence-electron chi connectivity index (χ0n) is 15.1. The second-order valence-electron chi connectivity index (χ2n) is 6.13. The molecular formula is C21H23N3OS. The average Bonchev–Trinajstić information content (AvgIpc) is 2.95. The maximum Gasteiger partial charge on any atom is 0.225 e. The first-order valence-electron chi connectivity index (χ1n) is 8.68. The van der Waals surface area contributed by atoms with Crippen LogP contribution in [0.4, 0.5) is 5.69 Å². The van der Waals surface area contributed by atoms with Crippen molar-refractivity contribution in [1.82, 2.24) is 9.78 Å². The number of carbonyl (C=O) groups is 1. The third-order valence-corrected chi connectivity index (χ3v) is 5.17. The summed E-state index contributed by atoms with van der Waals surface area (Å²) >= 11 is 1.77. The van der Waals surface area contributed by atoms with E-state index in [0.29, 0.717) is 6.42 Å². The Hall–Kier alpha value is -2.53. The van der Waals surface area contributed by atoms with Crippen LogP contribution in [-0.2, 0) is 10.5 Å². The monoisotopic (exact) mass is 365 g/mol. The number of nitrogens with zero attached hydrogens (tertiary/aromatic N) is 2. The van der Waals surface area contributed by atoms with Gasteiger partial charge < -0.3 is 5.32 Å².